The number of rotatable bonds is 11. The van der Waals surface area contributed by atoms with Crippen molar-refractivity contribution in [2.75, 3.05) is 30.4 Å². The lowest BCUT2D eigenvalue weighted by atomic mass is 9.66. The Morgan fingerprint density at radius 2 is 1.85 bits per heavy atom. The maximum Gasteiger partial charge on any atom is 0.250 e. The van der Waals surface area contributed by atoms with Crippen LogP contribution in [0.4, 0.5) is 11.4 Å². The Balaban J connectivity index is 1.45. The summed E-state index contributed by atoms with van der Waals surface area (Å²) in [7, 11) is 0. The number of fused-ring (bicyclic) bond motifs is 1. The number of carbonyl (C=O) groups excluding carboxylic acids is 3. The van der Waals surface area contributed by atoms with Gasteiger partial charge in [-0.05, 0) is 88.8 Å². The molecule has 3 aliphatic rings. The van der Waals surface area contributed by atoms with Crippen molar-refractivity contribution in [3.63, 3.8) is 0 Å². The second-order valence-corrected chi connectivity index (χ2v) is 11.8. The molecular weight excluding hydrogens is 546 g/mol. The molecule has 3 aliphatic heterocycles. The van der Waals surface area contributed by atoms with E-state index in [4.69, 9.17) is 21.1 Å². The first kappa shape index (κ1) is 29.4. The Bertz CT molecular complexity index is 1300. The fraction of sp³-hybridized carbons (Fsp3) is 0.516. The zero-order valence-electron chi connectivity index (χ0n) is 23.7. The van der Waals surface area contributed by atoms with Gasteiger partial charge < -0.3 is 30.1 Å². The molecule has 0 aromatic heterocycles. The number of carbonyl (C=O) groups is 3. The van der Waals surface area contributed by atoms with Crippen molar-refractivity contribution < 1.29 is 29.0 Å². The van der Waals surface area contributed by atoms with Crippen molar-refractivity contribution in [2.45, 2.75) is 70.1 Å². The summed E-state index contributed by atoms with van der Waals surface area (Å²) in [6, 6.07) is 11.5. The number of hydrogen-bond acceptors (Lipinski definition) is 6. The van der Waals surface area contributed by atoms with Crippen LogP contribution in [0.2, 0.25) is 5.02 Å². The molecule has 9 nitrogen and oxygen atoms in total. The summed E-state index contributed by atoms with van der Waals surface area (Å²) in [6.45, 7) is 6.55. The molecule has 2 bridgehead atoms. The number of ether oxygens (including phenoxy) is 2. The molecule has 2 unspecified atom stereocenters. The number of likely N-dealkylation sites (tertiary alicyclic amines) is 1. The van der Waals surface area contributed by atoms with Gasteiger partial charge in [-0.2, -0.15) is 0 Å². The van der Waals surface area contributed by atoms with E-state index in [1.165, 1.54) is 0 Å². The number of amides is 3. The summed E-state index contributed by atoms with van der Waals surface area (Å²) in [5, 5.41) is 15.6. The normalized spacial score (nSPS) is 28.1. The number of nitrogens with zero attached hydrogens (tertiary/aromatic N) is 1. The number of halogens is 1. The standard InChI is InChI=1S/C31H38ClN3O6/c1-4-40-21-13-11-20(12-14-21)33-27(37)23-24-29(39)35(17-6-5-7-18-36)26(31(24)16-15-30(23,3)41-31)28(38)34-25-19(2)9-8-10-22(25)32/h8-14,23-24,26,36H,4-7,15-18H2,1-3H3,(H,33,37)(H,34,38)/t23-,24-,26?,30+,31?/m0/s1. The largest absolute Gasteiger partial charge is 0.494 e. The molecule has 5 atom stereocenters. The number of hydrogen-bond donors (Lipinski definition) is 3. The van der Waals surface area contributed by atoms with Gasteiger partial charge in [0.05, 0.1) is 34.8 Å². The number of benzene rings is 2. The van der Waals surface area contributed by atoms with E-state index in [9.17, 15) is 19.5 Å². The zero-order valence-corrected chi connectivity index (χ0v) is 24.5. The fourth-order valence-electron chi connectivity index (χ4n) is 6.94. The highest BCUT2D eigenvalue weighted by Gasteiger charge is 2.77. The lowest BCUT2D eigenvalue weighted by molar-refractivity contribution is -0.143. The monoisotopic (exact) mass is 583 g/mol. The van der Waals surface area contributed by atoms with Crippen LogP contribution < -0.4 is 15.4 Å². The van der Waals surface area contributed by atoms with Crippen molar-refractivity contribution in [1.82, 2.24) is 4.90 Å². The van der Waals surface area contributed by atoms with Crippen LogP contribution in [0, 0.1) is 18.8 Å². The maximum absolute atomic E-state index is 14.2. The third-order valence-electron chi connectivity index (χ3n) is 8.77. The predicted molar refractivity (Wildman–Crippen MR) is 156 cm³/mol. The Kier molecular flexibility index (Phi) is 8.32. The van der Waals surface area contributed by atoms with E-state index in [1.807, 2.05) is 32.9 Å². The molecule has 41 heavy (non-hydrogen) atoms. The number of aryl methyl sites for hydroxylation is 1. The molecule has 0 aliphatic carbocycles. The van der Waals surface area contributed by atoms with E-state index in [1.54, 1.807) is 35.2 Å². The lowest BCUT2D eigenvalue weighted by Gasteiger charge is -2.33. The molecule has 0 radical (unpaired) electrons. The summed E-state index contributed by atoms with van der Waals surface area (Å²) < 4.78 is 12.2. The third-order valence-corrected chi connectivity index (χ3v) is 9.08. The number of aliphatic hydroxyl groups excluding tert-OH is 1. The highest BCUT2D eigenvalue weighted by atomic mass is 35.5. The van der Waals surface area contributed by atoms with Crippen LogP contribution in [0.3, 0.4) is 0 Å². The molecule has 1 spiro atoms. The van der Waals surface area contributed by atoms with Crippen molar-refractivity contribution in [3.8, 4) is 5.75 Å². The van der Waals surface area contributed by atoms with E-state index in [0.717, 1.165) is 5.56 Å². The van der Waals surface area contributed by atoms with Crippen molar-refractivity contribution in [3.05, 3.63) is 53.1 Å². The average molecular weight is 584 g/mol. The quantitative estimate of drug-likeness (QED) is 0.334. The first-order valence-corrected chi connectivity index (χ1v) is 14.7. The number of para-hydroxylation sites is 1. The topological polar surface area (TPSA) is 117 Å². The lowest BCUT2D eigenvalue weighted by Crippen LogP contribution is -2.53. The molecule has 3 fully saturated rings. The van der Waals surface area contributed by atoms with Gasteiger partial charge in [-0.3, -0.25) is 14.4 Å². The van der Waals surface area contributed by atoms with Gasteiger partial charge in [0.25, 0.3) is 0 Å². The zero-order chi connectivity index (χ0) is 29.4. The molecular formula is C31H38ClN3O6. The van der Waals surface area contributed by atoms with Crippen LogP contribution in [-0.4, -0.2) is 64.7 Å². The van der Waals surface area contributed by atoms with E-state index < -0.39 is 29.1 Å². The molecule has 3 saturated heterocycles. The molecule has 3 heterocycles. The summed E-state index contributed by atoms with van der Waals surface area (Å²) >= 11 is 6.43. The molecule has 5 rings (SSSR count). The highest BCUT2D eigenvalue weighted by Crippen LogP contribution is 2.63. The Morgan fingerprint density at radius 3 is 2.54 bits per heavy atom. The highest BCUT2D eigenvalue weighted by molar-refractivity contribution is 6.34. The van der Waals surface area contributed by atoms with Gasteiger partial charge in [-0.15, -0.1) is 0 Å². The van der Waals surface area contributed by atoms with Crippen LogP contribution in [0.5, 0.6) is 5.75 Å². The summed E-state index contributed by atoms with van der Waals surface area (Å²) in [5.74, 6) is -1.80. The Hall–Kier alpha value is -3.14. The summed E-state index contributed by atoms with van der Waals surface area (Å²) in [6.07, 6.45) is 2.96. The Labute approximate surface area is 245 Å². The van der Waals surface area contributed by atoms with E-state index in [-0.39, 0.29) is 24.3 Å². The summed E-state index contributed by atoms with van der Waals surface area (Å²) in [4.78, 5) is 43.6. The third kappa shape index (κ3) is 5.19. The van der Waals surface area contributed by atoms with Gasteiger partial charge in [0.15, 0.2) is 0 Å². The second kappa shape index (κ2) is 11.6. The number of aliphatic hydroxyl groups is 1. The van der Waals surface area contributed by atoms with Crippen molar-refractivity contribution in [2.24, 2.45) is 11.8 Å². The first-order chi connectivity index (χ1) is 19.6. The average Bonchev–Trinajstić information content (AvgIpc) is 3.50. The van der Waals surface area contributed by atoms with Gasteiger partial charge in [0.1, 0.15) is 17.4 Å². The Morgan fingerprint density at radius 1 is 1.10 bits per heavy atom. The van der Waals surface area contributed by atoms with Gasteiger partial charge in [0.2, 0.25) is 17.7 Å². The molecule has 3 N–H and O–H groups in total. The molecule has 220 valence electrons. The van der Waals surface area contributed by atoms with Crippen LogP contribution in [0.15, 0.2) is 42.5 Å². The van der Waals surface area contributed by atoms with Crippen LogP contribution >= 0.6 is 11.6 Å². The molecule has 2 aromatic rings. The molecule has 0 saturated carbocycles. The molecule has 3 amide bonds. The van der Waals surface area contributed by atoms with Gasteiger partial charge in [-0.1, -0.05) is 23.7 Å². The van der Waals surface area contributed by atoms with E-state index >= 15 is 0 Å². The first-order valence-electron chi connectivity index (χ1n) is 14.4. The van der Waals surface area contributed by atoms with Crippen LogP contribution in [-0.2, 0) is 19.1 Å². The van der Waals surface area contributed by atoms with Gasteiger partial charge in [0, 0.05) is 18.8 Å². The van der Waals surface area contributed by atoms with Crippen molar-refractivity contribution >= 4 is 40.7 Å². The number of unbranched alkanes of at least 4 members (excludes halogenated alkanes) is 2. The second-order valence-electron chi connectivity index (χ2n) is 11.4. The maximum atomic E-state index is 14.2. The van der Waals surface area contributed by atoms with Gasteiger partial charge in [-0.25, -0.2) is 0 Å². The van der Waals surface area contributed by atoms with Gasteiger partial charge >= 0.3 is 0 Å². The van der Waals surface area contributed by atoms with E-state index in [0.29, 0.717) is 67.4 Å². The van der Waals surface area contributed by atoms with E-state index in [2.05, 4.69) is 10.6 Å². The number of anilines is 2. The minimum atomic E-state index is -1.14. The summed E-state index contributed by atoms with van der Waals surface area (Å²) in [5.41, 5.74) is -0.140. The molecule has 2 aromatic carbocycles. The van der Waals surface area contributed by atoms with Crippen molar-refractivity contribution in [1.29, 1.82) is 0 Å². The minimum absolute atomic E-state index is 0.0610. The SMILES string of the molecule is CCOc1ccc(NC(=O)[C@@H]2[C@H]3C(=O)N(CCCCCO)C(C(=O)Nc4c(C)cccc4Cl)C34CC[C@@]2(C)O4)cc1. The minimum Gasteiger partial charge on any atom is -0.494 e. The number of nitrogens with one attached hydrogen (secondary N) is 2. The smallest absolute Gasteiger partial charge is 0.250 e. The molecule has 10 heteroatoms. The predicted octanol–water partition coefficient (Wildman–Crippen LogP) is 4.55. The van der Waals surface area contributed by atoms with Crippen LogP contribution in [0.25, 0.3) is 0 Å². The van der Waals surface area contributed by atoms with Crippen LogP contribution in [0.1, 0.15) is 51.5 Å². The fourth-order valence-corrected chi connectivity index (χ4v) is 7.21.